The molecule has 0 aromatic rings. The molecule has 4 aliphatic rings. The molecule has 4 heterocycles. The van der Waals surface area contributed by atoms with Crippen LogP contribution in [0.4, 0.5) is 0 Å². The average molecular weight is 265 g/mol. The Morgan fingerprint density at radius 3 is 2.42 bits per heavy atom. The van der Waals surface area contributed by atoms with E-state index in [0.29, 0.717) is 5.92 Å². The molecule has 0 spiro atoms. The van der Waals surface area contributed by atoms with E-state index in [1.165, 1.54) is 12.8 Å². The Labute approximate surface area is 114 Å². The van der Waals surface area contributed by atoms with E-state index in [4.69, 9.17) is 0 Å². The first-order chi connectivity index (χ1) is 9.08. The highest BCUT2D eigenvalue weighted by atomic mass is 16.2. The molecule has 4 aliphatic heterocycles. The lowest BCUT2D eigenvalue weighted by Crippen LogP contribution is -2.68. The van der Waals surface area contributed by atoms with E-state index in [1.807, 2.05) is 18.7 Å². The molecule has 2 amide bonds. The molecule has 5 heteroatoms. The van der Waals surface area contributed by atoms with Gasteiger partial charge in [0.2, 0.25) is 11.8 Å². The van der Waals surface area contributed by atoms with Gasteiger partial charge in [-0.15, -0.1) is 0 Å². The van der Waals surface area contributed by atoms with E-state index in [0.717, 1.165) is 19.6 Å². The Balaban J connectivity index is 1.87. The molecule has 4 fully saturated rings. The van der Waals surface area contributed by atoms with Crippen LogP contribution in [0.2, 0.25) is 0 Å². The summed E-state index contributed by atoms with van der Waals surface area (Å²) in [6.07, 6.45) is 2.34. The predicted octanol–water partition coefficient (Wildman–Crippen LogP) is 0.0636. The van der Waals surface area contributed by atoms with Crippen molar-refractivity contribution in [3.8, 4) is 0 Å². The van der Waals surface area contributed by atoms with Crippen LogP contribution >= 0.6 is 0 Å². The standard InChI is InChI=1S/C14H23N3O2/c1-9(2)13-14(19)15-7-12(18)17(13)11-8-16-5-3-10(11)4-6-16/h9-11,13H,3-8H2,1-2H3,(H,15,19). The number of piperidine rings is 3. The molecule has 0 saturated carbocycles. The molecule has 0 radical (unpaired) electrons. The first-order valence-corrected chi connectivity index (χ1v) is 7.39. The van der Waals surface area contributed by atoms with E-state index in [9.17, 15) is 9.59 Å². The fraction of sp³-hybridized carbons (Fsp3) is 0.857. The van der Waals surface area contributed by atoms with Crippen molar-refractivity contribution in [2.45, 2.75) is 38.8 Å². The van der Waals surface area contributed by atoms with Gasteiger partial charge in [0.1, 0.15) is 6.04 Å². The highest BCUT2D eigenvalue weighted by Crippen LogP contribution is 2.33. The van der Waals surface area contributed by atoms with Gasteiger partial charge in [0.25, 0.3) is 0 Å². The third kappa shape index (κ3) is 2.14. The Hall–Kier alpha value is -1.10. The predicted molar refractivity (Wildman–Crippen MR) is 71.4 cm³/mol. The van der Waals surface area contributed by atoms with Gasteiger partial charge < -0.3 is 15.1 Å². The van der Waals surface area contributed by atoms with Crippen molar-refractivity contribution < 1.29 is 9.59 Å². The maximum atomic E-state index is 12.3. The third-order valence-electron chi connectivity index (χ3n) is 4.88. The van der Waals surface area contributed by atoms with Crippen LogP contribution in [-0.4, -0.2) is 59.9 Å². The lowest BCUT2D eigenvalue weighted by Gasteiger charge is -2.52. The van der Waals surface area contributed by atoms with Gasteiger partial charge in [0.15, 0.2) is 0 Å². The van der Waals surface area contributed by atoms with E-state index < -0.39 is 0 Å². The number of piperazine rings is 1. The molecule has 2 unspecified atom stereocenters. The summed E-state index contributed by atoms with van der Waals surface area (Å²) in [5.41, 5.74) is 0. The molecule has 4 saturated heterocycles. The summed E-state index contributed by atoms with van der Waals surface area (Å²) in [6.45, 7) is 7.48. The number of fused-ring (bicyclic) bond motifs is 3. The van der Waals surface area contributed by atoms with Crippen LogP contribution in [0.3, 0.4) is 0 Å². The lowest BCUT2D eigenvalue weighted by atomic mass is 9.81. The molecule has 0 aromatic heterocycles. The molecular formula is C14H23N3O2. The van der Waals surface area contributed by atoms with Crippen LogP contribution in [0.1, 0.15) is 26.7 Å². The highest BCUT2D eigenvalue weighted by Gasteiger charge is 2.46. The SMILES string of the molecule is CC(C)C1C(=O)NCC(=O)N1C1CN2CCC1CC2. The number of rotatable bonds is 2. The third-order valence-corrected chi connectivity index (χ3v) is 4.88. The summed E-state index contributed by atoms with van der Waals surface area (Å²) < 4.78 is 0. The van der Waals surface area contributed by atoms with E-state index in [2.05, 4.69) is 10.2 Å². The Kier molecular flexibility index (Phi) is 3.25. The van der Waals surface area contributed by atoms with Gasteiger partial charge >= 0.3 is 0 Å². The van der Waals surface area contributed by atoms with Gasteiger partial charge in [-0.25, -0.2) is 0 Å². The number of nitrogens with one attached hydrogen (secondary N) is 1. The quantitative estimate of drug-likeness (QED) is 0.768. The second kappa shape index (κ2) is 4.78. The fourth-order valence-electron chi connectivity index (χ4n) is 3.90. The minimum atomic E-state index is -0.285. The topological polar surface area (TPSA) is 52.7 Å². The number of carbonyl (C=O) groups is 2. The average Bonchev–Trinajstić information content (AvgIpc) is 2.42. The van der Waals surface area contributed by atoms with Gasteiger partial charge in [-0.05, 0) is 37.8 Å². The zero-order valence-corrected chi connectivity index (χ0v) is 11.8. The first-order valence-electron chi connectivity index (χ1n) is 7.39. The molecule has 2 atom stereocenters. The Morgan fingerprint density at radius 2 is 1.89 bits per heavy atom. The highest BCUT2D eigenvalue weighted by molar-refractivity contribution is 5.95. The zero-order chi connectivity index (χ0) is 13.6. The van der Waals surface area contributed by atoms with Crippen molar-refractivity contribution in [2.24, 2.45) is 11.8 Å². The molecule has 19 heavy (non-hydrogen) atoms. The van der Waals surface area contributed by atoms with Gasteiger partial charge in [-0.3, -0.25) is 9.59 Å². The normalized spacial score (nSPS) is 38.8. The van der Waals surface area contributed by atoms with Gasteiger partial charge in [-0.2, -0.15) is 0 Å². The summed E-state index contributed by atoms with van der Waals surface area (Å²) >= 11 is 0. The summed E-state index contributed by atoms with van der Waals surface area (Å²) in [6, 6.07) is -0.0414. The number of hydrogen-bond acceptors (Lipinski definition) is 3. The van der Waals surface area contributed by atoms with Crippen molar-refractivity contribution in [3.63, 3.8) is 0 Å². The number of nitrogens with zero attached hydrogens (tertiary/aromatic N) is 2. The second-order valence-corrected chi connectivity index (χ2v) is 6.41. The number of carbonyl (C=O) groups excluding carboxylic acids is 2. The second-order valence-electron chi connectivity index (χ2n) is 6.41. The summed E-state index contributed by atoms with van der Waals surface area (Å²) in [5.74, 6) is 0.865. The zero-order valence-electron chi connectivity index (χ0n) is 11.8. The van der Waals surface area contributed by atoms with E-state index in [1.54, 1.807) is 0 Å². The molecule has 0 aromatic carbocycles. The first kappa shape index (κ1) is 12.9. The molecule has 2 bridgehead atoms. The smallest absolute Gasteiger partial charge is 0.243 e. The molecule has 5 nitrogen and oxygen atoms in total. The monoisotopic (exact) mass is 265 g/mol. The van der Waals surface area contributed by atoms with Gasteiger partial charge in [-0.1, -0.05) is 13.8 Å². The van der Waals surface area contributed by atoms with Crippen LogP contribution in [0, 0.1) is 11.8 Å². The maximum absolute atomic E-state index is 12.3. The van der Waals surface area contributed by atoms with Crippen LogP contribution < -0.4 is 5.32 Å². The largest absolute Gasteiger partial charge is 0.345 e. The fourth-order valence-corrected chi connectivity index (χ4v) is 3.90. The van der Waals surface area contributed by atoms with Crippen LogP contribution in [0.15, 0.2) is 0 Å². The van der Waals surface area contributed by atoms with Crippen LogP contribution in [-0.2, 0) is 9.59 Å². The molecule has 0 aliphatic carbocycles. The summed E-state index contributed by atoms with van der Waals surface area (Å²) in [4.78, 5) is 28.8. The van der Waals surface area contributed by atoms with Crippen molar-refractivity contribution in [1.82, 2.24) is 15.1 Å². The van der Waals surface area contributed by atoms with Crippen LogP contribution in [0.25, 0.3) is 0 Å². The molecule has 4 rings (SSSR count). The van der Waals surface area contributed by atoms with E-state index in [-0.39, 0.29) is 36.4 Å². The van der Waals surface area contributed by atoms with E-state index >= 15 is 0 Å². The molecule has 1 N–H and O–H groups in total. The number of amides is 2. The number of hydrogen-bond donors (Lipinski definition) is 1. The summed E-state index contributed by atoms with van der Waals surface area (Å²) in [5, 5.41) is 2.73. The van der Waals surface area contributed by atoms with Crippen molar-refractivity contribution in [3.05, 3.63) is 0 Å². The minimum Gasteiger partial charge on any atom is -0.345 e. The van der Waals surface area contributed by atoms with Gasteiger partial charge in [0.05, 0.1) is 6.54 Å². The molecule has 106 valence electrons. The maximum Gasteiger partial charge on any atom is 0.243 e. The van der Waals surface area contributed by atoms with Gasteiger partial charge in [0, 0.05) is 12.6 Å². The van der Waals surface area contributed by atoms with Crippen molar-refractivity contribution >= 4 is 11.8 Å². The summed E-state index contributed by atoms with van der Waals surface area (Å²) in [7, 11) is 0. The Bertz CT molecular complexity index is 388. The van der Waals surface area contributed by atoms with Crippen LogP contribution in [0.5, 0.6) is 0 Å². The lowest BCUT2D eigenvalue weighted by molar-refractivity contribution is -0.155. The van der Waals surface area contributed by atoms with Crippen molar-refractivity contribution in [2.75, 3.05) is 26.2 Å². The minimum absolute atomic E-state index is 0.0195. The van der Waals surface area contributed by atoms with Crippen molar-refractivity contribution in [1.29, 1.82) is 0 Å². The Morgan fingerprint density at radius 1 is 1.21 bits per heavy atom. The molecular weight excluding hydrogens is 242 g/mol.